The minimum Gasteiger partial charge on any atom is -0.480 e. The van der Waals surface area contributed by atoms with Crippen LogP contribution in [0.25, 0.3) is 0 Å². The molecule has 0 aliphatic rings. The van der Waals surface area contributed by atoms with Gasteiger partial charge in [0.2, 0.25) is 0 Å². The van der Waals surface area contributed by atoms with Gasteiger partial charge in [0.05, 0.1) is 5.56 Å². The SMILES string of the molecule is C[C@H](c1ccc(C(F)(F)F)cc1)[C@@H](N)C(=O)O. The van der Waals surface area contributed by atoms with Crippen LogP contribution in [-0.2, 0) is 11.0 Å². The van der Waals surface area contributed by atoms with Crippen LogP contribution in [0.15, 0.2) is 24.3 Å². The van der Waals surface area contributed by atoms with E-state index in [1.165, 1.54) is 12.1 Å². The highest BCUT2D eigenvalue weighted by atomic mass is 19.4. The van der Waals surface area contributed by atoms with Gasteiger partial charge in [-0.15, -0.1) is 0 Å². The summed E-state index contributed by atoms with van der Waals surface area (Å²) in [5.41, 5.74) is 5.09. The van der Waals surface area contributed by atoms with Crippen molar-refractivity contribution in [3.63, 3.8) is 0 Å². The summed E-state index contributed by atoms with van der Waals surface area (Å²) in [5.74, 6) is -1.73. The Hall–Kier alpha value is -1.56. The predicted octanol–water partition coefficient (Wildman–Crippen LogP) is 2.22. The number of aliphatic carboxylic acids is 1. The van der Waals surface area contributed by atoms with E-state index in [9.17, 15) is 18.0 Å². The first-order valence-electron chi connectivity index (χ1n) is 4.89. The minimum absolute atomic E-state index is 0.466. The summed E-state index contributed by atoms with van der Waals surface area (Å²) in [6, 6.07) is 3.19. The summed E-state index contributed by atoms with van der Waals surface area (Å²) < 4.78 is 36.9. The van der Waals surface area contributed by atoms with Gasteiger partial charge in [-0.2, -0.15) is 13.2 Å². The van der Waals surface area contributed by atoms with Crippen molar-refractivity contribution in [2.75, 3.05) is 0 Å². The Bertz CT molecular complexity index is 400. The zero-order chi connectivity index (χ0) is 13.2. The molecule has 0 amide bonds. The fourth-order valence-corrected chi connectivity index (χ4v) is 1.40. The summed E-state index contributed by atoms with van der Waals surface area (Å²) in [6.07, 6.45) is -4.39. The van der Waals surface area contributed by atoms with Crippen LogP contribution < -0.4 is 5.73 Å². The third-order valence-corrected chi connectivity index (χ3v) is 2.59. The molecule has 0 aliphatic carbocycles. The second-order valence-corrected chi connectivity index (χ2v) is 3.77. The molecule has 0 unspecified atom stereocenters. The van der Waals surface area contributed by atoms with Crippen LogP contribution in [0.1, 0.15) is 24.0 Å². The van der Waals surface area contributed by atoms with Crippen LogP contribution in [0.4, 0.5) is 13.2 Å². The maximum atomic E-state index is 12.3. The summed E-state index contributed by atoms with van der Waals surface area (Å²) in [7, 11) is 0. The molecule has 6 heteroatoms. The number of alkyl halides is 3. The predicted molar refractivity (Wildman–Crippen MR) is 55.5 cm³/mol. The van der Waals surface area contributed by atoms with Crippen molar-refractivity contribution in [1.82, 2.24) is 0 Å². The Labute approximate surface area is 96.0 Å². The lowest BCUT2D eigenvalue weighted by molar-refractivity contribution is -0.139. The van der Waals surface area contributed by atoms with Crippen LogP contribution >= 0.6 is 0 Å². The number of halogens is 3. The van der Waals surface area contributed by atoms with Gasteiger partial charge in [0, 0.05) is 5.92 Å². The van der Waals surface area contributed by atoms with E-state index in [-0.39, 0.29) is 0 Å². The first-order chi connectivity index (χ1) is 7.73. The van der Waals surface area contributed by atoms with Crippen molar-refractivity contribution >= 4 is 5.97 Å². The van der Waals surface area contributed by atoms with Gasteiger partial charge < -0.3 is 10.8 Å². The molecule has 0 fully saturated rings. The van der Waals surface area contributed by atoms with E-state index in [1.807, 2.05) is 0 Å². The summed E-state index contributed by atoms with van der Waals surface area (Å²) >= 11 is 0. The zero-order valence-electron chi connectivity index (χ0n) is 9.03. The van der Waals surface area contributed by atoms with Crippen molar-refractivity contribution in [2.45, 2.75) is 25.1 Å². The number of rotatable bonds is 3. The molecule has 2 atom stereocenters. The zero-order valence-corrected chi connectivity index (χ0v) is 9.03. The highest BCUT2D eigenvalue weighted by molar-refractivity contribution is 5.74. The van der Waals surface area contributed by atoms with Crippen LogP contribution in [0, 0.1) is 0 Å². The molecular formula is C11H12F3NO2. The lowest BCUT2D eigenvalue weighted by Gasteiger charge is -2.17. The maximum absolute atomic E-state index is 12.3. The second-order valence-electron chi connectivity index (χ2n) is 3.77. The average molecular weight is 247 g/mol. The molecule has 0 aliphatic heterocycles. The van der Waals surface area contributed by atoms with Gasteiger partial charge in [-0.3, -0.25) is 4.79 Å². The number of hydrogen-bond donors (Lipinski definition) is 2. The van der Waals surface area contributed by atoms with Crippen molar-refractivity contribution in [1.29, 1.82) is 0 Å². The largest absolute Gasteiger partial charge is 0.480 e. The van der Waals surface area contributed by atoms with Crippen LogP contribution in [0.3, 0.4) is 0 Å². The Kier molecular flexibility index (Phi) is 3.77. The Balaban J connectivity index is 2.92. The van der Waals surface area contributed by atoms with E-state index in [2.05, 4.69) is 0 Å². The van der Waals surface area contributed by atoms with E-state index >= 15 is 0 Å². The van der Waals surface area contributed by atoms with Crippen LogP contribution in [0.2, 0.25) is 0 Å². The first kappa shape index (κ1) is 13.5. The molecule has 1 rings (SSSR count). The molecular weight excluding hydrogens is 235 g/mol. The Morgan fingerprint density at radius 1 is 1.29 bits per heavy atom. The molecule has 0 saturated carbocycles. The van der Waals surface area contributed by atoms with Gasteiger partial charge >= 0.3 is 12.1 Å². The fraction of sp³-hybridized carbons (Fsp3) is 0.364. The second kappa shape index (κ2) is 4.75. The minimum atomic E-state index is -4.39. The standard InChI is InChI=1S/C11H12F3NO2/c1-6(9(15)10(16)17)7-2-4-8(5-3-7)11(12,13)14/h2-6,9H,15H2,1H3,(H,16,17)/t6-,9-/m1/s1. The third kappa shape index (κ3) is 3.20. The van der Waals surface area contributed by atoms with Gasteiger partial charge in [0.25, 0.3) is 0 Å². The van der Waals surface area contributed by atoms with Crippen molar-refractivity contribution in [2.24, 2.45) is 5.73 Å². The Morgan fingerprint density at radius 2 is 1.76 bits per heavy atom. The Morgan fingerprint density at radius 3 is 2.12 bits per heavy atom. The molecule has 0 radical (unpaired) electrons. The van der Waals surface area contributed by atoms with Crippen molar-refractivity contribution in [3.8, 4) is 0 Å². The summed E-state index contributed by atoms with van der Waals surface area (Å²) in [6.45, 7) is 1.56. The van der Waals surface area contributed by atoms with E-state index in [0.717, 1.165) is 12.1 Å². The summed E-state index contributed by atoms with van der Waals surface area (Å²) in [4.78, 5) is 10.6. The normalized spacial score (nSPS) is 15.4. The molecule has 94 valence electrons. The van der Waals surface area contributed by atoms with Gasteiger partial charge in [-0.05, 0) is 17.7 Å². The lowest BCUT2D eigenvalue weighted by Crippen LogP contribution is -2.35. The monoisotopic (exact) mass is 247 g/mol. The van der Waals surface area contributed by atoms with Gasteiger partial charge in [0.1, 0.15) is 6.04 Å². The molecule has 0 spiro atoms. The van der Waals surface area contributed by atoms with Crippen LogP contribution in [-0.4, -0.2) is 17.1 Å². The van der Waals surface area contributed by atoms with E-state index in [0.29, 0.717) is 5.56 Å². The van der Waals surface area contributed by atoms with E-state index in [1.54, 1.807) is 6.92 Å². The first-order valence-corrected chi connectivity index (χ1v) is 4.89. The molecule has 3 N–H and O–H groups in total. The number of hydrogen-bond acceptors (Lipinski definition) is 2. The summed E-state index contributed by atoms with van der Waals surface area (Å²) in [5, 5.41) is 8.69. The van der Waals surface area contributed by atoms with Gasteiger partial charge in [-0.1, -0.05) is 19.1 Å². The molecule has 17 heavy (non-hydrogen) atoms. The molecule has 0 bridgehead atoms. The number of carbonyl (C=O) groups is 1. The smallest absolute Gasteiger partial charge is 0.416 e. The highest BCUT2D eigenvalue weighted by Gasteiger charge is 2.30. The molecule has 3 nitrogen and oxygen atoms in total. The van der Waals surface area contributed by atoms with Crippen LogP contribution in [0.5, 0.6) is 0 Å². The van der Waals surface area contributed by atoms with Crippen molar-refractivity contribution in [3.05, 3.63) is 35.4 Å². The molecule has 0 heterocycles. The van der Waals surface area contributed by atoms with E-state index < -0.39 is 29.7 Å². The molecule has 0 saturated heterocycles. The topological polar surface area (TPSA) is 63.3 Å². The van der Waals surface area contributed by atoms with Crippen molar-refractivity contribution < 1.29 is 23.1 Å². The van der Waals surface area contributed by atoms with E-state index in [4.69, 9.17) is 10.8 Å². The molecule has 1 aromatic carbocycles. The number of carboxylic acid groups (broad SMARTS) is 1. The number of nitrogens with two attached hydrogens (primary N) is 1. The average Bonchev–Trinajstić information content (AvgIpc) is 2.26. The van der Waals surface area contributed by atoms with Gasteiger partial charge in [-0.25, -0.2) is 0 Å². The third-order valence-electron chi connectivity index (χ3n) is 2.59. The highest BCUT2D eigenvalue weighted by Crippen LogP contribution is 2.30. The molecule has 0 aromatic heterocycles. The number of benzene rings is 1. The quantitative estimate of drug-likeness (QED) is 0.860. The molecule has 1 aromatic rings. The fourth-order valence-electron chi connectivity index (χ4n) is 1.40. The maximum Gasteiger partial charge on any atom is 0.416 e. The van der Waals surface area contributed by atoms with Gasteiger partial charge in [0.15, 0.2) is 0 Å². The number of carboxylic acids is 1. The lowest BCUT2D eigenvalue weighted by atomic mass is 9.93.